The lowest BCUT2D eigenvalue weighted by atomic mass is 9.89. The summed E-state index contributed by atoms with van der Waals surface area (Å²) < 4.78 is 56.2. The van der Waals surface area contributed by atoms with Gasteiger partial charge in [0.25, 0.3) is 0 Å². The van der Waals surface area contributed by atoms with Gasteiger partial charge < -0.3 is 9.47 Å². The second-order valence-electron chi connectivity index (χ2n) is 10.7. The van der Waals surface area contributed by atoms with Crippen molar-refractivity contribution in [1.82, 2.24) is 0 Å². The smallest absolute Gasteiger partial charge is 0.201 e. The van der Waals surface area contributed by atoms with Crippen LogP contribution < -0.4 is 4.74 Å². The van der Waals surface area contributed by atoms with E-state index in [0.717, 1.165) is 43.2 Å². The van der Waals surface area contributed by atoms with Gasteiger partial charge in [-0.05, 0) is 66.6 Å². The molecule has 0 N–H and O–H groups in total. The highest BCUT2D eigenvalue weighted by molar-refractivity contribution is 5.71. The number of hydrogen-bond acceptors (Lipinski definition) is 2. The van der Waals surface area contributed by atoms with Crippen molar-refractivity contribution in [1.29, 1.82) is 0 Å². The van der Waals surface area contributed by atoms with Gasteiger partial charge in [0.15, 0.2) is 11.6 Å². The first-order valence-electron chi connectivity index (χ1n) is 14.8. The molecule has 5 heteroatoms. The van der Waals surface area contributed by atoms with Crippen LogP contribution in [0.1, 0.15) is 83.1 Å². The summed E-state index contributed by atoms with van der Waals surface area (Å²) >= 11 is 0. The molecule has 0 aromatic heterocycles. The molecule has 1 saturated heterocycles. The Bertz CT molecular complexity index is 1240. The Morgan fingerprint density at radius 2 is 1.50 bits per heavy atom. The number of benzene rings is 3. The largest absolute Gasteiger partial charge is 0.490 e. The summed E-state index contributed by atoms with van der Waals surface area (Å²) in [5, 5.41) is 0. The Balaban J connectivity index is 1.36. The highest BCUT2D eigenvalue weighted by atomic mass is 19.2. The van der Waals surface area contributed by atoms with E-state index < -0.39 is 11.6 Å². The first-order valence-corrected chi connectivity index (χ1v) is 14.8. The molecular weight excluding hydrogens is 509 g/mol. The monoisotopic (exact) mass is 550 g/mol. The zero-order valence-corrected chi connectivity index (χ0v) is 23.7. The first-order chi connectivity index (χ1) is 19.5. The van der Waals surface area contributed by atoms with Gasteiger partial charge in [-0.25, -0.2) is 8.78 Å². The fraction of sp³-hybridized carbons (Fsp3) is 0.429. The number of ether oxygens (including phenoxy) is 2. The third kappa shape index (κ3) is 7.78. The molecule has 0 bridgehead atoms. The molecule has 214 valence electrons. The van der Waals surface area contributed by atoms with Crippen molar-refractivity contribution in [2.24, 2.45) is 0 Å². The molecule has 2 nitrogen and oxygen atoms in total. The highest BCUT2D eigenvalue weighted by Crippen LogP contribution is 2.34. The second kappa shape index (κ2) is 15.1. The quantitative estimate of drug-likeness (QED) is 0.156. The molecule has 4 rings (SSSR count). The van der Waals surface area contributed by atoms with Crippen molar-refractivity contribution in [3.05, 3.63) is 89.8 Å². The topological polar surface area (TPSA) is 18.5 Å². The van der Waals surface area contributed by atoms with Gasteiger partial charge in [-0.15, -0.1) is 0 Å². The van der Waals surface area contributed by atoms with E-state index in [1.807, 2.05) is 31.2 Å². The summed E-state index contributed by atoms with van der Waals surface area (Å²) in [6.07, 6.45) is 13.8. The third-order valence-electron chi connectivity index (χ3n) is 7.74. The van der Waals surface area contributed by atoms with E-state index in [0.29, 0.717) is 24.3 Å². The second-order valence-corrected chi connectivity index (χ2v) is 10.7. The van der Waals surface area contributed by atoms with E-state index in [4.69, 9.17) is 9.47 Å². The molecule has 2 atom stereocenters. The number of halogens is 3. The lowest BCUT2D eigenvalue weighted by molar-refractivity contribution is 0.0319. The predicted octanol–water partition coefficient (Wildman–Crippen LogP) is 10.4. The standard InChI is InChI=1S/C35H41F3O2/c1-3-5-6-7-8-9-10-22-39-33-21-20-31(34(37)35(33)38)26-14-12-25(13-15-26)27-17-19-30(32(36)23-27)28-16-18-29(11-4-2)40-24-28/h4,11-15,17,19-21,23,28-29H,3,5-10,16,18,22,24H2,1-2H3/b11-4+. The number of allylic oxidation sites excluding steroid dienone is 1. The van der Waals surface area contributed by atoms with Crippen molar-refractivity contribution in [3.63, 3.8) is 0 Å². The zero-order valence-electron chi connectivity index (χ0n) is 23.7. The van der Waals surface area contributed by atoms with Crippen LogP contribution in [0.25, 0.3) is 22.3 Å². The molecule has 1 fully saturated rings. The van der Waals surface area contributed by atoms with E-state index in [2.05, 4.69) is 6.92 Å². The maximum Gasteiger partial charge on any atom is 0.201 e. The molecule has 40 heavy (non-hydrogen) atoms. The maximum atomic E-state index is 15.1. The van der Waals surface area contributed by atoms with E-state index in [9.17, 15) is 8.78 Å². The van der Waals surface area contributed by atoms with Gasteiger partial charge in [0.05, 0.1) is 19.3 Å². The van der Waals surface area contributed by atoms with Gasteiger partial charge in [-0.2, -0.15) is 4.39 Å². The van der Waals surface area contributed by atoms with Crippen LogP contribution >= 0.6 is 0 Å². The van der Waals surface area contributed by atoms with Gasteiger partial charge in [0, 0.05) is 11.5 Å². The summed E-state index contributed by atoms with van der Waals surface area (Å²) in [5.41, 5.74) is 2.93. The fourth-order valence-corrected chi connectivity index (χ4v) is 5.37. The number of hydrogen-bond donors (Lipinski definition) is 0. The normalized spacial score (nSPS) is 17.4. The molecule has 3 aromatic carbocycles. The Labute approximate surface area is 237 Å². The summed E-state index contributed by atoms with van der Waals surface area (Å²) in [6.45, 7) is 5.04. The predicted molar refractivity (Wildman–Crippen MR) is 157 cm³/mol. The highest BCUT2D eigenvalue weighted by Gasteiger charge is 2.24. The van der Waals surface area contributed by atoms with Gasteiger partial charge in [-0.1, -0.05) is 94.0 Å². The summed E-state index contributed by atoms with van der Waals surface area (Å²) in [5.74, 6) is -2.16. The minimum atomic E-state index is -0.967. The maximum absolute atomic E-state index is 15.1. The Kier molecular flexibility index (Phi) is 11.3. The van der Waals surface area contributed by atoms with Crippen LogP contribution in [-0.2, 0) is 4.74 Å². The lowest BCUT2D eigenvalue weighted by Crippen LogP contribution is -2.23. The summed E-state index contributed by atoms with van der Waals surface area (Å²) in [7, 11) is 0. The van der Waals surface area contributed by atoms with Gasteiger partial charge in [0.2, 0.25) is 5.82 Å². The minimum Gasteiger partial charge on any atom is -0.490 e. The fourth-order valence-electron chi connectivity index (χ4n) is 5.37. The molecule has 0 amide bonds. The van der Waals surface area contributed by atoms with Gasteiger partial charge in [-0.3, -0.25) is 0 Å². The summed E-state index contributed by atoms with van der Waals surface area (Å²) in [6, 6.07) is 15.4. The molecule has 0 aliphatic carbocycles. The molecule has 1 aliphatic rings. The van der Waals surface area contributed by atoms with Gasteiger partial charge in [0.1, 0.15) is 5.82 Å². The van der Waals surface area contributed by atoms with Crippen LogP contribution in [0.4, 0.5) is 13.2 Å². The van der Waals surface area contributed by atoms with Crippen molar-refractivity contribution >= 4 is 0 Å². The molecule has 1 aliphatic heterocycles. The van der Waals surface area contributed by atoms with E-state index in [1.165, 1.54) is 31.7 Å². The van der Waals surface area contributed by atoms with Crippen molar-refractivity contribution in [2.45, 2.75) is 83.7 Å². The number of unbranched alkanes of at least 4 members (excludes halogenated alkanes) is 6. The molecular formula is C35H41F3O2. The SMILES string of the molecule is C/C=C/C1CCC(c2ccc(-c3ccc(-c4ccc(OCCCCCCCCC)c(F)c4F)cc3)cc2F)CO1. The molecule has 3 aromatic rings. The van der Waals surface area contributed by atoms with E-state index in [-0.39, 0.29) is 29.2 Å². The van der Waals surface area contributed by atoms with Crippen LogP contribution in [0.2, 0.25) is 0 Å². The van der Waals surface area contributed by atoms with Gasteiger partial charge >= 0.3 is 0 Å². The molecule has 2 unspecified atom stereocenters. The molecule has 1 heterocycles. The van der Waals surface area contributed by atoms with Crippen LogP contribution in [0.5, 0.6) is 5.75 Å². The molecule has 0 spiro atoms. The van der Waals surface area contributed by atoms with Crippen molar-refractivity contribution in [3.8, 4) is 28.0 Å². The lowest BCUT2D eigenvalue weighted by Gasteiger charge is -2.28. The molecule has 0 radical (unpaired) electrons. The Hall–Kier alpha value is -3.05. The summed E-state index contributed by atoms with van der Waals surface area (Å²) in [4.78, 5) is 0. The van der Waals surface area contributed by atoms with E-state index in [1.54, 1.807) is 36.4 Å². The van der Waals surface area contributed by atoms with Crippen LogP contribution in [0, 0.1) is 17.5 Å². The average molecular weight is 551 g/mol. The minimum absolute atomic E-state index is 0.0401. The van der Waals surface area contributed by atoms with E-state index >= 15 is 4.39 Å². The van der Waals surface area contributed by atoms with Crippen molar-refractivity contribution < 1.29 is 22.6 Å². The van der Waals surface area contributed by atoms with Crippen LogP contribution in [-0.4, -0.2) is 19.3 Å². The zero-order chi connectivity index (χ0) is 28.3. The van der Waals surface area contributed by atoms with Crippen molar-refractivity contribution in [2.75, 3.05) is 13.2 Å². The van der Waals surface area contributed by atoms with Crippen LogP contribution in [0.3, 0.4) is 0 Å². The Morgan fingerprint density at radius 1 is 0.800 bits per heavy atom. The average Bonchev–Trinajstić information content (AvgIpc) is 2.97. The Morgan fingerprint density at radius 3 is 2.17 bits per heavy atom. The first kappa shape index (κ1) is 29.9. The third-order valence-corrected chi connectivity index (χ3v) is 7.74. The molecule has 0 saturated carbocycles. The number of rotatable bonds is 13. The van der Waals surface area contributed by atoms with Crippen LogP contribution in [0.15, 0.2) is 66.7 Å².